The number of aliphatic hydroxyl groups excluding tert-OH is 1. The summed E-state index contributed by atoms with van der Waals surface area (Å²) in [6.45, 7) is 0. The van der Waals surface area contributed by atoms with Crippen LogP contribution in [-0.4, -0.2) is 5.11 Å². The Bertz CT molecular complexity index is 555. The normalized spacial score (nSPS) is 18.1. The van der Waals surface area contributed by atoms with Gasteiger partial charge in [-0.3, -0.25) is 0 Å². The summed E-state index contributed by atoms with van der Waals surface area (Å²) in [7, 11) is 0. The summed E-state index contributed by atoms with van der Waals surface area (Å²) in [6, 6.07) is 10.7. The molecule has 1 saturated carbocycles. The van der Waals surface area contributed by atoms with E-state index in [2.05, 4.69) is 52.9 Å². The molecule has 3 rings (SSSR count). The lowest BCUT2D eigenvalue weighted by Crippen LogP contribution is -2.05. The number of aliphatic hydroxyl groups is 1. The van der Waals surface area contributed by atoms with E-state index >= 15 is 0 Å². The molecule has 1 atom stereocenters. The van der Waals surface area contributed by atoms with Gasteiger partial charge < -0.3 is 5.11 Å². The van der Waals surface area contributed by atoms with E-state index in [1.54, 1.807) is 11.3 Å². The van der Waals surface area contributed by atoms with Crippen LogP contribution in [0, 0.1) is 2.88 Å². The molecule has 1 nitrogen and oxygen atoms in total. The van der Waals surface area contributed by atoms with E-state index in [4.69, 9.17) is 0 Å². The van der Waals surface area contributed by atoms with Crippen LogP contribution in [0.4, 0.5) is 0 Å². The number of thiophene rings is 1. The van der Waals surface area contributed by atoms with Crippen LogP contribution in [0.15, 0.2) is 35.7 Å². The van der Waals surface area contributed by atoms with E-state index in [1.165, 1.54) is 40.6 Å². The second-order valence-corrected chi connectivity index (χ2v) is 8.39. The van der Waals surface area contributed by atoms with E-state index in [-0.39, 0.29) is 0 Å². The molecule has 1 aliphatic rings. The van der Waals surface area contributed by atoms with Crippen LogP contribution in [-0.2, 0) is 0 Å². The molecule has 1 fully saturated rings. The number of hydrogen-bond donors (Lipinski definition) is 1. The molecule has 1 N–H and O–H groups in total. The van der Waals surface area contributed by atoms with E-state index < -0.39 is 6.10 Å². The smallest absolute Gasteiger partial charge is 0.105 e. The Labute approximate surface area is 138 Å². The highest BCUT2D eigenvalue weighted by atomic mass is 127. The Morgan fingerprint density at radius 3 is 2.35 bits per heavy atom. The average Bonchev–Trinajstić information content (AvgIpc) is 2.94. The minimum absolute atomic E-state index is 0.491. The number of halogens is 1. The minimum atomic E-state index is -0.491. The maximum absolute atomic E-state index is 10.4. The summed E-state index contributed by atoms with van der Waals surface area (Å²) in [5.41, 5.74) is 3.45. The van der Waals surface area contributed by atoms with Crippen LogP contribution in [0.25, 0.3) is 0 Å². The van der Waals surface area contributed by atoms with Gasteiger partial charge in [0.2, 0.25) is 0 Å². The summed E-state index contributed by atoms with van der Waals surface area (Å²) < 4.78 is 1.22. The van der Waals surface area contributed by atoms with Crippen molar-refractivity contribution in [2.75, 3.05) is 0 Å². The molecule has 20 heavy (non-hydrogen) atoms. The molecule has 0 spiro atoms. The third kappa shape index (κ3) is 3.26. The third-order valence-electron chi connectivity index (χ3n) is 4.23. The van der Waals surface area contributed by atoms with E-state index in [0.717, 1.165) is 17.0 Å². The Kier molecular flexibility index (Phi) is 4.79. The topological polar surface area (TPSA) is 20.2 Å². The molecule has 0 aliphatic heterocycles. The fourth-order valence-corrected chi connectivity index (χ4v) is 4.44. The van der Waals surface area contributed by atoms with Crippen LogP contribution in [0.1, 0.15) is 60.8 Å². The quantitative estimate of drug-likeness (QED) is 0.679. The molecular formula is C17H19IOS. The summed E-state index contributed by atoms with van der Waals surface area (Å²) in [5.74, 6) is 0.733. The van der Waals surface area contributed by atoms with E-state index in [9.17, 15) is 5.11 Å². The van der Waals surface area contributed by atoms with Crippen molar-refractivity contribution in [2.45, 2.75) is 44.1 Å². The zero-order valence-corrected chi connectivity index (χ0v) is 14.4. The fourth-order valence-electron chi connectivity index (χ4n) is 3.05. The van der Waals surface area contributed by atoms with Crippen LogP contribution in [0.5, 0.6) is 0 Å². The molecule has 3 heteroatoms. The highest BCUT2D eigenvalue weighted by molar-refractivity contribution is 14.1. The largest absolute Gasteiger partial charge is 0.384 e. The first-order valence-electron chi connectivity index (χ1n) is 7.26. The highest BCUT2D eigenvalue weighted by Crippen LogP contribution is 2.34. The van der Waals surface area contributed by atoms with Crippen molar-refractivity contribution in [2.24, 2.45) is 0 Å². The number of benzene rings is 1. The number of rotatable bonds is 3. The van der Waals surface area contributed by atoms with Gasteiger partial charge in [-0.15, -0.1) is 11.3 Å². The zero-order valence-electron chi connectivity index (χ0n) is 11.4. The van der Waals surface area contributed by atoms with Crippen molar-refractivity contribution in [3.05, 3.63) is 55.3 Å². The Balaban J connectivity index is 1.75. The van der Waals surface area contributed by atoms with Gasteiger partial charge in [0.25, 0.3) is 0 Å². The first-order valence-corrected chi connectivity index (χ1v) is 9.22. The third-order valence-corrected chi connectivity index (χ3v) is 6.04. The molecule has 0 saturated heterocycles. The van der Waals surface area contributed by atoms with Crippen LogP contribution < -0.4 is 0 Å². The molecule has 1 unspecified atom stereocenters. The summed E-state index contributed by atoms with van der Waals surface area (Å²) in [6.07, 6.45) is 6.28. The molecule has 106 valence electrons. The average molecular weight is 398 g/mol. The summed E-state index contributed by atoms with van der Waals surface area (Å²) >= 11 is 3.98. The molecular weight excluding hydrogens is 379 g/mol. The summed E-state index contributed by atoms with van der Waals surface area (Å²) in [4.78, 5) is 0. The zero-order chi connectivity index (χ0) is 13.9. The first kappa shape index (κ1) is 14.5. The van der Waals surface area contributed by atoms with Gasteiger partial charge in [-0.05, 0) is 69.5 Å². The minimum Gasteiger partial charge on any atom is -0.384 e. The maximum atomic E-state index is 10.4. The van der Waals surface area contributed by atoms with Crippen molar-refractivity contribution in [3.63, 3.8) is 0 Å². The van der Waals surface area contributed by atoms with Gasteiger partial charge >= 0.3 is 0 Å². The Morgan fingerprint density at radius 1 is 1.05 bits per heavy atom. The van der Waals surface area contributed by atoms with Gasteiger partial charge in [-0.25, -0.2) is 0 Å². The van der Waals surface area contributed by atoms with Crippen molar-refractivity contribution in [3.8, 4) is 0 Å². The second kappa shape index (κ2) is 6.58. The van der Waals surface area contributed by atoms with Crippen molar-refractivity contribution in [1.82, 2.24) is 0 Å². The number of hydrogen-bond acceptors (Lipinski definition) is 2. The molecule has 1 aromatic heterocycles. The highest BCUT2D eigenvalue weighted by Gasteiger charge is 2.17. The molecule has 0 amide bonds. The lowest BCUT2D eigenvalue weighted by molar-refractivity contribution is 0.220. The van der Waals surface area contributed by atoms with Crippen LogP contribution >= 0.6 is 33.9 Å². The first-order chi connectivity index (χ1) is 9.74. The second-order valence-electron chi connectivity index (χ2n) is 5.59. The SMILES string of the molecule is OC(c1ccc(C2CCCCC2)cc1)c1csc(I)c1. The van der Waals surface area contributed by atoms with E-state index in [1.807, 2.05) is 5.38 Å². The van der Waals surface area contributed by atoms with Crippen LogP contribution in [0.2, 0.25) is 0 Å². The molecule has 1 aliphatic carbocycles. The maximum Gasteiger partial charge on any atom is 0.105 e. The van der Waals surface area contributed by atoms with Crippen molar-refractivity contribution in [1.29, 1.82) is 0 Å². The Hall–Kier alpha value is -0.390. The Morgan fingerprint density at radius 2 is 1.75 bits per heavy atom. The molecule has 1 aromatic carbocycles. The lowest BCUT2D eigenvalue weighted by Gasteiger charge is -2.22. The fraction of sp³-hybridized carbons (Fsp3) is 0.412. The van der Waals surface area contributed by atoms with Crippen LogP contribution in [0.3, 0.4) is 0 Å². The molecule has 0 radical (unpaired) electrons. The standard InChI is InChI=1S/C17H19IOS/c18-16-10-15(11-20-16)17(19)14-8-6-13(7-9-14)12-4-2-1-3-5-12/h6-12,17,19H,1-5H2. The molecule has 0 bridgehead atoms. The monoisotopic (exact) mass is 398 g/mol. The van der Waals surface area contributed by atoms with E-state index in [0.29, 0.717) is 0 Å². The van der Waals surface area contributed by atoms with Gasteiger partial charge in [-0.1, -0.05) is 43.5 Å². The van der Waals surface area contributed by atoms with Gasteiger partial charge in [0.05, 0.1) is 2.88 Å². The molecule has 2 aromatic rings. The predicted octanol–water partition coefficient (Wildman–Crippen LogP) is 5.48. The van der Waals surface area contributed by atoms with Gasteiger partial charge in [0, 0.05) is 0 Å². The van der Waals surface area contributed by atoms with Gasteiger partial charge in [0.1, 0.15) is 6.10 Å². The molecule has 1 heterocycles. The van der Waals surface area contributed by atoms with Gasteiger partial charge in [-0.2, -0.15) is 0 Å². The van der Waals surface area contributed by atoms with Gasteiger partial charge in [0.15, 0.2) is 0 Å². The van der Waals surface area contributed by atoms with Crippen molar-refractivity contribution >= 4 is 33.9 Å². The lowest BCUT2D eigenvalue weighted by atomic mass is 9.83. The summed E-state index contributed by atoms with van der Waals surface area (Å²) in [5, 5.41) is 12.5. The van der Waals surface area contributed by atoms with Crippen molar-refractivity contribution < 1.29 is 5.11 Å². The predicted molar refractivity (Wildman–Crippen MR) is 93.4 cm³/mol.